The van der Waals surface area contributed by atoms with Crippen LogP contribution in [-0.2, 0) is 9.53 Å². The lowest BCUT2D eigenvalue weighted by Gasteiger charge is -2.27. The molecule has 0 amide bonds. The number of anilines is 2. The molecule has 0 saturated heterocycles. The zero-order chi connectivity index (χ0) is 26.0. The van der Waals surface area contributed by atoms with Gasteiger partial charge < -0.3 is 10.1 Å². The van der Waals surface area contributed by atoms with Crippen molar-refractivity contribution in [2.75, 3.05) is 5.32 Å². The highest BCUT2D eigenvalue weighted by atomic mass is 32.1. The number of aromatic nitrogens is 6. The molecule has 1 N–H and O–H groups in total. The lowest BCUT2D eigenvalue weighted by atomic mass is 9.83. The number of hydrogen-bond acceptors (Lipinski definition) is 10. The quantitative estimate of drug-likeness (QED) is 0.337. The average Bonchev–Trinajstić information content (AvgIpc) is 3.66. The molecule has 3 aromatic heterocycles. The van der Waals surface area contributed by atoms with Crippen LogP contribution in [0.3, 0.4) is 0 Å². The zero-order valence-corrected chi connectivity index (χ0v) is 21.1. The van der Waals surface area contributed by atoms with E-state index in [2.05, 4.69) is 29.4 Å². The number of pyridine rings is 1. The summed E-state index contributed by atoms with van der Waals surface area (Å²) in [6, 6.07) is 15.8. The molecule has 0 saturated carbocycles. The molecular weight excluding hydrogens is 502 g/mol. The lowest BCUT2D eigenvalue weighted by molar-refractivity contribution is -0.112. The summed E-state index contributed by atoms with van der Waals surface area (Å²) in [7, 11) is 0. The van der Waals surface area contributed by atoms with E-state index >= 15 is 0 Å². The van der Waals surface area contributed by atoms with Crippen LogP contribution in [0.4, 0.5) is 11.5 Å². The molecule has 4 heterocycles. The van der Waals surface area contributed by atoms with Crippen LogP contribution in [-0.4, -0.2) is 45.9 Å². The standard InChI is InChI=1S/C27H19N7O3S/c1-27(2)26(20-24(36)23(35)14-7-3-4-8-15(14)25(20)37-27)34-13-18(30-33-34)16-10-11-17(22-21(16)31-38-32-22)29-19-9-5-6-12-28-19/h3-13,26H,1-2H3,(H,28,29). The van der Waals surface area contributed by atoms with Gasteiger partial charge in [0.1, 0.15) is 39.9 Å². The smallest absolute Gasteiger partial charge is 0.235 e. The second-order valence-corrected chi connectivity index (χ2v) is 10.1. The van der Waals surface area contributed by atoms with Crippen LogP contribution in [0.25, 0.3) is 28.0 Å². The van der Waals surface area contributed by atoms with E-state index in [0.717, 1.165) is 23.0 Å². The van der Waals surface area contributed by atoms with Gasteiger partial charge in [0.15, 0.2) is 0 Å². The normalized spacial score (nSPS) is 17.9. The Labute approximate surface area is 220 Å². The van der Waals surface area contributed by atoms with Gasteiger partial charge in [-0.3, -0.25) is 9.59 Å². The fourth-order valence-corrected chi connectivity index (χ4v) is 5.70. The molecule has 186 valence electrons. The molecule has 1 aliphatic carbocycles. The number of ether oxygens (including phenoxy) is 1. The van der Waals surface area contributed by atoms with Gasteiger partial charge >= 0.3 is 0 Å². The van der Waals surface area contributed by atoms with E-state index in [1.807, 2.05) is 50.2 Å². The lowest BCUT2D eigenvalue weighted by Crippen LogP contribution is -2.35. The first-order valence-corrected chi connectivity index (χ1v) is 12.6. The minimum absolute atomic E-state index is 0.297. The van der Waals surface area contributed by atoms with Crippen LogP contribution < -0.4 is 5.32 Å². The van der Waals surface area contributed by atoms with Crippen LogP contribution in [0.15, 0.2) is 72.6 Å². The number of carbonyl (C=O) groups excluding carboxylic acids is 2. The van der Waals surface area contributed by atoms with Crippen LogP contribution >= 0.6 is 11.7 Å². The van der Waals surface area contributed by atoms with Crippen LogP contribution in [0.1, 0.15) is 35.8 Å². The maximum Gasteiger partial charge on any atom is 0.235 e. The van der Waals surface area contributed by atoms with Gasteiger partial charge in [0.25, 0.3) is 0 Å². The van der Waals surface area contributed by atoms with Crippen LogP contribution in [0, 0.1) is 0 Å². The Kier molecular flexibility index (Phi) is 4.79. The number of rotatable bonds is 4. The molecule has 10 nitrogen and oxygen atoms in total. The molecule has 0 fully saturated rings. The first-order valence-electron chi connectivity index (χ1n) is 11.9. The number of carbonyl (C=O) groups is 2. The third kappa shape index (κ3) is 3.28. The fraction of sp³-hybridized carbons (Fsp3) is 0.148. The number of nitrogens with zero attached hydrogens (tertiary/aromatic N) is 6. The van der Waals surface area contributed by atoms with E-state index in [0.29, 0.717) is 45.0 Å². The van der Waals surface area contributed by atoms with Crippen molar-refractivity contribution >= 4 is 51.6 Å². The largest absolute Gasteiger partial charge is 0.484 e. The molecule has 2 aliphatic rings. The summed E-state index contributed by atoms with van der Waals surface area (Å²) in [5.74, 6) is -0.00537. The number of benzene rings is 2. The van der Waals surface area contributed by atoms with Crippen LogP contribution in [0.2, 0.25) is 0 Å². The molecule has 1 atom stereocenters. The summed E-state index contributed by atoms with van der Waals surface area (Å²) in [5, 5.41) is 12.1. The first-order chi connectivity index (χ1) is 18.4. The number of nitrogens with one attached hydrogen (secondary N) is 1. The molecule has 2 aromatic carbocycles. The van der Waals surface area contributed by atoms with Gasteiger partial charge in [-0.1, -0.05) is 35.5 Å². The van der Waals surface area contributed by atoms with Crippen molar-refractivity contribution in [1.82, 2.24) is 28.7 Å². The van der Waals surface area contributed by atoms with Gasteiger partial charge in [0.2, 0.25) is 11.6 Å². The van der Waals surface area contributed by atoms with Crippen molar-refractivity contribution in [3.63, 3.8) is 0 Å². The van der Waals surface area contributed by atoms with Crippen LogP contribution in [0.5, 0.6) is 0 Å². The minimum atomic E-state index is -0.850. The molecule has 7 rings (SSSR count). The summed E-state index contributed by atoms with van der Waals surface area (Å²) < 4.78 is 16.9. The zero-order valence-electron chi connectivity index (χ0n) is 20.2. The van der Waals surface area contributed by atoms with Crippen molar-refractivity contribution < 1.29 is 14.3 Å². The second kappa shape index (κ2) is 8.12. The van der Waals surface area contributed by atoms with E-state index in [-0.39, 0.29) is 0 Å². The van der Waals surface area contributed by atoms with Gasteiger partial charge in [-0.25, -0.2) is 9.67 Å². The Balaban J connectivity index is 1.30. The SMILES string of the molecule is CC1(C)OC2=C(C(=O)C(=O)c3ccccc32)C1n1cc(-c2ccc(Nc3ccccn3)c3nsnc23)nn1. The van der Waals surface area contributed by atoms with Gasteiger partial charge in [-0.05, 0) is 38.1 Å². The molecule has 38 heavy (non-hydrogen) atoms. The predicted octanol–water partition coefficient (Wildman–Crippen LogP) is 4.62. The number of Topliss-reactive ketones (excluding diaryl/α,β-unsaturated/α-hetero) is 2. The van der Waals surface area contributed by atoms with E-state index < -0.39 is 23.2 Å². The predicted molar refractivity (Wildman–Crippen MR) is 141 cm³/mol. The van der Waals surface area contributed by atoms with Gasteiger partial charge in [0.05, 0.1) is 29.2 Å². The Morgan fingerprint density at radius 3 is 2.53 bits per heavy atom. The molecule has 0 radical (unpaired) electrons. The summed E-state index contributed by atoms with van der Waals surface area (Å²) in [5.41, 5.74) is 3.85. The van der Waals surface area contributed by atoms with Crippen molar-refractivity contribution in [3.8, 4) is 11.3 Å². The minimum Gasteiger partial charge on any atom is -0.484 e. The second-order valence-electron chi connectivity index (χ2n) is 9.60. The highest BCUT2D eigenvalue weighted by molar-refractivity contribution is 7.00. The highest BCUT2D eigenvalue weighted by Crippen LogP contribution is 2.49. The summed E-state index contributed by atoms with van der Waals surface area (Å²) in [6.07, 6.45) is 3.47. The number of hydrogen-bond donors (Lipinski definition) is 1. The summed E-state index contributed by atoms with van der Waals surface area (Å²) in [4.78, 5) is 30.5. The van der Waals surface area contributed by atoms with Crippen molar-refractivity contribution in [3.05, 3.63) is 83.7 Å². The molecule has 1 unspecified atom stereocenters. The summed E-state index contributed by atoms with van der Waals surface area (Å²) >= 11 is 1.10. The van der Waals surface area contributed by atoms with E-state index in [4.69, 9.17) is 4.74 Å². The van der Waals surface area contributed by atoms with Gasteiger partial charge in [-0.15, -0.1) is 5.10 Å². The Morgan fingerprint density at radius 1 is 0.921 bits per heavy atom. The molecular formula is C27H19N7O3S. The molecule has 0 bridgehead atoms. The maximum atomic E-state index is 13.3. The van der Waals surface area contributed by atoms with Gasteiger partial charge in [0, 0.05) is 22.9 Å². The third-order valence-electron chi connectivity index (χ3n) is 6.80. The average molecular weight is 522 g/mol. The summed E-state index contributed by atoms with van der Waals surface area (Å²) in [6.45, 7) is 3.75. The third-order valence-corrected chi connectivity index (χ3v) is 7.33. The van der Waals surface area contributed by atoms with Crippen molar-refractivity contribution in [2.45, 2.75) is 25.5 Å². The van der Waals surface area contributed by atoms with E-state index in [9.17, 15) is 9.59 Å². The molecule has 11 heteroatoms. The highest BCUT2D eigenvalue weighted by Gasteiger charge is 2.52. The van der Waals surface area contributed by atoms with E-state index in [1.165, 1.54) is 0 Å². The fourth-order valence-electron chi connectivity index (χ4n) is 5.12. The van der Waals surface area contributed by atoms with Crippen molar-refractivity contribution in [1.29, 1.82) is 0 Å². The Morgan fingerprint density at radius 2 is 1.71 bits per heavy atom. The molecule has 5 aromatic rings. The molecule has 1 aliphatic heterocycles. The Bertz CT molecular complexity index is 1810. The maximum absolute atomic E-state index is 13.3. The number of fused-ring (bicyclic) bond motifs is 3. The topological polar surface area (TPSA) is 125 Å². The van der Waals surface area contributed by atoms with E-state index in [1.54, 1.807) is 35.3 Å². The first kappa shape index (κ1) is 22.4. The monoisotopic (exact) mass is 521 g/mol. The van der Waals surface area contributed by atoms with Gasteiger partial charge in [-0.2, -0.15) is 8.75 Å². The van der Waals surface area contributed by atoms with Crippen molar-refractivity contribution in [2.24, 2.45) is 0 Å². The Hall–Kier alpha value is -4.77. The number of ketones is 2. The molecule has 0 spiro atoms.